The van der Waals surface area contributed by atoms with Gasteiger partial charge in [-0.05, 0) is 44.4 Å². The first-order valence-electron chi connectivity index (χ1n) is 7.38. The van der Waals surface area contributed by atoms with Crippen molar-refractivity contribution < 1.29 is 0 Å². The molecule has 1 heterocycles. The van der Waals surface area contributed by atoms with Crippen molar-refractivity contribution in [3.8, 4) is 0 Å². The molecule has 0 aliphatic carbocycles. The van der Waals surface area contributed by atoms with E-state index in [2.05, 4.69) is 67.7 Å². The molecule has 0 aliphatic heterocycles. The fraction of sp³-hybridized carbons (Fsp3) is 0.529. The molecule has 1 N–H and O–H groups in total. The molecule has 0 saturated heterocycles. The van der Waals surface area contributed by atoms with Gasteiger partial charge in [0.15, 0.2) is 0 Å². The summed E-state index contributed by atoms with van der Waals surface area (Å²) in [5.74, 6) is 0. The number of rotatable bonds is 4. The Morgan fingerprint density at radius 1 is 1.14 bits per heavy atom. The highest BCUT2D eigenvalue weighted by Gasteiger charge is 2.26. The second-order valence-electron chi connectivity index (χ2n) is 6.78. The van der Waals surface area contributed by atoms with Gasteiger partial charge in [-0.25, -0.2) is 0 Å². The third-order valence-electron chi connectivity index (χ3n) is 3.61. The summed E-state index contributed by atoms with van der Waals surface area (Å²) in [6, 6.07) is 7.01. The maximum absolute atomic E-state index is 4.36. The van der Waals surface area contributed by atoms with Gasteiger partial charge < -0.3 is 5.32 Å². The van der Waals surface area contributed by atoms with Crippen LogP contribution in [0.5, 0.6) is 0 Å². The summed E-state index contributed by atoms with van der Waals surface area (Å²) in [7, 11) is 2.01. The number of likely N-dealkylation sites (N-methyl/N-ethyl adjacent to an activating group) is 1. The van der Waals surface area contributed by atoms with Gasteiger partial charge >= 0.3 is 0 Å². The number of nitrogens with zero attached hydrogens (tertiary/aromatic N) is 2. The number of hydrogen-bond acceptors (Lipinski definition) is 4. The van der Waals surface area contributed by atoms with Crippen LogP contribution >= 0.6 is 11.5 Å². The Hall–Kier alpha value is -1.26. The van der Waals surface area contributed by atoms with Crippen LogP contribution in [-0.2, 0) is 11.8 Å². The predicted molar refractivity (Wildman–Crippen MR) is 90.0 cm³/mol. The summed E-state index contributed by atoms with van der Waals surface area (Å²) < 4.78 is 4.19. The lowest BCUT2D eigenvalue weighted by atomic mass is 9.89. The molecule has 114 valence electrons. The lowest BCUT2D eigenvalue weighted by molar-refractivity contribution is 0.530. The van der Waals surface area contributed by atoms with Crippen molar-refractivity contribution in [1.29, 1.82) is 0 Å². The van der Waals surface area contributed by atoms with E-state index in [0.29, 0.717) is 0 Å². The van der Waals surface area contributed by atoms with Gasteiger partial charge in [-0.2, -0.15) is 0 Å². The molecule has 1 aromatic heterocycles. The molecule has 0 bridgehead atoms. The largest absolute Gasteiger partial charge is 0.312 e. The Labute approximate surface area is 132 Å². The van der Waals surface area contributed by atoms with Gasteiger partial charge in [-0.15, -0.1) is 5.10 Å². The van der Waals surface area contributed by atoms with Gasteiger partial charge in [-0.1, -0.05) is 54.6 Å². The maximum Gasteiger partial charge on any atom is 0.0857 e. The first kappa shape index (κ1) is 16.1. The summed E-state index contributed by atoms with van der Waals surface area (Å²) in [4.78, 5) is 1.25. The van der Waals surface area contributed by atoms with Crippen molar-refractivity contribution in [2.24, 2.45) is 0 Å². The Kier molecular flexibility index (Phi) is 4.79. The summed E-state index contributed by atoms with van der Waals surface area (Å²) in [5, 5.41) is 7.80. The molecule has 0 amide bonds. The lowest BCUT2D eigenvalue weighted by Crippen LogP contribution is -2.23. The zero-order valence-corrected chi connectivity index (χ0v) is 14.6. The average Bonchev–Trinajstić information content (AvgIpc) is 2.83. The Balaban J connectivity index is 2.31. The molecule has 3 nitrogen and oxygen atoms in total. The molecule has 1 unspecified atom stereocenters. The van der Waals surface area contributed by atoms with E-state index >= 15 is 0 Å². The minimum atomic E-state index is 0.0277. The fourth-order valence-corrected chi connectivity index (χ4v) is 3.67. The minimum absolute atomic E-state index is 0.0277. The zero-order chi connectivity index (χ0) is 15.6. The molecule has 0 aliphatic rings. The van der Waals surface area contributed by atoms with Crippen LogP contribution in [0, 0.1) is 13.8 Å². The van der Waals surface area contributed by atoms with Gasteiger partial charge in [0.2, 0.25) is 0 Å². The van der Waals surface area contributed by atoms with Crippen LogP contribution in [0.25, 0.3) is 0 Å². The molecule has 0 radical (unpaired) electrons. The van der Waals surface area contributed by atoms with Crippen LogP contribution in [0.2, 0.25) is 0 Å². The topological polar surface area (TPSA) is 37.8 Å². The number of aromatic nitrogens is 2. The molecule has 1 atom stereocenters. The summed E-state index contributed by atoms with van der Waals surface area (Å²) in [6.07, 6.45) is 0.964. The van der Waals surface area contributed by atoms with Crippen molar-refractivity contribution in [3.05, 3.63) is 45.5 Å². The molecule has 4 heteroatoms. The quantitative estimate of drug-likeness (QED) is 0.929. The second kappa shape index (κ2) is 6.24. The van der Waals surface area contributed by atoms with Crippen molar-refractivity contribution >= 4 is 11.5 Å². The van der Waals surface area contributed by atoms with Gasteiger partial charge in [0, 0.05) is 11.5 Å². The van der Waals surface area contributed by atoms with Crippen LogP contribution in [0.4, 0.5) is 0 Å². The molecular weight excluding hydrogens is 278 g/mol. The van der Waals surface area contributed by atoms with Gasteiger partial charge in [0.05, 0.1) is 10.6 Å². The summed E-state index contributed by atoms with van der Waals surface area (Å²) in [6.45, 7) is 10.9. The van der Waals surface area contributed by atoms with E-state index in [9.17, 15) is 0 Å². The normalized spacial score (nSPS) is 13.4. The van der Waals surface area contributed by atoms with Crippen molar-refractivity contribution in [2.45, 2.75) is 52.5 Å². The highest BCUT2D eigenvalue weighted by molar-refractivity contribution is 7.05. The SMILES string of the molecule is CNC(Cc1cc(C)cc(C)c1)c1snnc1C(C)(C)C. The first-order chi connectivity index (χ1) is 9.81. The summed E-state index contributed by atoms with van der Waals surface area (Å²) in [5.41, 5.74) is 5.13. The lowest BCUT2D eigenvalue weighted by Gasteiger charge is -2.22. The molecule has 0 saturated carbocycles. The standard InChI is InChI=1S/C17H25N3S/c1-11-7-12(2)9-13(8-11)10-14(18-6)15-16(17(3,4)5)19-20-21-15/h7-9,14,18H,10H2,1-6H3. The van der Waals surface area contributed by atoms with Crippen LogP contribution in [-0.4, -0.2) is 16.6 Å². The zero-order valence-electron chi connectivity index (χ0n) is 13.8. The second-order valence-corrected chi connectivity index (χ2v) is 7.56. The average molecular weight is 303 g/mol. The molecule has 21 heavy (non-hydrogen) atoms. The van der Waals surface area contributed by atoms with E-state index in [0.717, 1.165) is 12.1 Å². The van der Waals surface area contributed by atoms with E-state index in [-0.39, 0.29) is 11.5 Å². The van der Waals surface area contributed by atoms with E-state index in [1.54, 1.807) is 0 Å². The Morgan fingerprint density at radius 3 is 2.29 bits per heavy atom. The summed E-state index contributed by atoms with van der Waals surface area (Å²) >= 11 is 1.51. The van der Waals surface area contributed by atoms with E-state index in [1.165, 1.54) is 33.1 Å². The number of hydrogen-bond donors (Lipinski definition) is 1. The third-order valence-corrected chi connectivity index (χ3v) is 4.45. The predicted octanol–water partition coefficient (Wildman–Crippen LogP) is 3.96. The van der Waals surface area contributed by atoms with Gasteiger partial charge in [0.1, 0.15) is 0 Å². The van der Waals surface area contributed by atoms with Crippen molar-refractivity contribution in [2.75, 3.05) is 7.05 Å². The molecule has 2 aromatic rings. The van der Waals surface area contributed by atoms with Crippen LogP contribution in [0.15, 0.2) is 18.2 Å². The molecule has 0 spiro atoms. The third kappa shape index (κ3) is 3.89. The molecular formula is C17H25N3S. The van der Waals surface area contributed by atoms with Crippen molar-refractivity contribution in [1.82, 2.24) is 14.9 Å². The monoisotopic (exact) mass is 303 g/mol. The Morgan fingerprint density at radius 2 is 1.76 bits per heavy atom. The van der Waals surface area contributed by atoms with E-state index in [4.69, 9.17) is 0 Å². The van der Waals surface area contributed by atoms with Gasteiger partial charge in [0.25, 0.3) is 0 Å². The Bertz CT molecular complexity index is 590. The van der Waals surface area contributed by atoms with E-state index in [1.807, 2.05) is 7.05 Å². The van der Waals surface area contributed by atoms with Gasteiger partial charge in [-0.3, -0.25) is 0 Å². The number of benzene rings is 1. The molecule has 1 aromatic carbocycles. The van der Waals surface area contributed by atoms with Crippen molar-refractivity contribution in [3.63, 3.8) is 0 Å². The fourth-order valence-electron chi connectivity index (χ4n) is 2.69. The molecule has 2 rings (SSSR count). The minimum Gasteiger partial charge on any atom is -0.312 e. The smallest absolute Gasteiger partial charge is 0.0857 e. The van der Waals surface area contributed by atoms with E-state index < -0.39 is 0 Å². The van der Waals surface area contributed by atoms with Crippen LogP contribution in [0.3, 0.4) is 0 Å². The maximum atomic E-state index is 4.36. The number of nitrogens with one attached hydrogen (secondary N) is 1. The highest BCUT2D eigenvalue weighted by atomic mass is 32.1. The first-order valence-corrected chi connectivity index (χ1v) is 8.15. The highest BCUT2D eigenvalue weighted by Crippen LogP contribution is 2.32. The molecule has 0 fully saturated rings. The van der Waals surface area contributed by atoms with Crippen LogP contribution in [0.1, 0.15) is 54.1 Å². The number of aryl methyl sites for hydroxylation is 2. The van der Waals surface area contributed by atoms with Crippen LogP contribution < -0.4 is 5.32 Å².